The molecule has 126 valence electrons. The third kappa shape index (κ3) is 2.68. The number of nitrogens with zero attached hydrogens (tertiary/aromatic N) is 2. The first-order valence-electron chi connectivity index (χ1n) is 8.59. The summed E-state index contributed by atoms with van der Waals surface area (Å²) < 4.78 is 0. The highest BCUT2D eigenvalue weighted by atomic mass is 32.2. The van der Waals surface area contributed by atoms with E-state index in [0.717, 1.165) is 28.2 Å². The second-order valence-electron chi connectivity index (χ2n) is 6.21. The van der Waals surface area contributed by atoms with Gasteiger partial charge in [-0.1, -0.05) is 30.4 Å². The van der Waals surface area contributed by atoms with Crippen LogP contribution >= 0.6 is 11.8 Å². The molecule has 0 fully saturated rings. The maximum atomic E-state index is 4.83. The Morgan fingerprint density at radius 3 is 2.92 bits per heavy atom. The van der Waals surface area contributed by atoms with E-state index in [0.29, 0.717) is 0 Å². The van der Waals surface area contributed by atoms with Gasteiger partial charge in [-0.25, -0.2) is 4.98 Å². The van der Waals surface area contributed by atoms with E-state index in [1.807, 2.05) is 42.3 Å². The minimum Gasteiger partial charge on any atom is -0.360 e. The number of benzene rings is 2. The highest BCUT2D eigenvalue weighted by Gasteiger charge is 2.20. The molecule has 1 aromatic heterocycles. The largest absolute Gasteiger partial charge is 0.360 e. The Hall–Kier alpha value is -2.98. The molecule has 2 aromatic carbocycles. The molecule has 0 unspecified atom stereocenters. The molecule has 4 heteroatoms. The predicted octanol–water partition coefficient (Wildman–Crippen LogP) is 5.45. The van der Waals surface area contributed by atoms with Crippen molar-refractivity contribution in [2.45, 2.75) is 4.90 Å². The van der Waals surface area contributed by atoms with Crippen LogP contribution in [0.4, 0.5) is 11.4 Å². The SMILES string of the molecule is C1=CC=C(c2ccc3cc(N4CSc5ccccc54)ccc3n2)NC=C1. The number of pyridine rings is 1. The van der Waals surface area contributed by atoms with E-state index in [-0.39, 0.29) is 0 Å². The van der Waals surface area contributed by atoms with E-state index in [2.05, 4.69) is 64.8 Å². The molecule has 0 saturated carbocycles. The summed E-state index contributed by atoms with van der Waals surface area (Å²) in [4.78, 5) is 8.53. The van der Waals surface area contributed by atoms with E-state index in [1.54, 1.807) is 0 Å². The number of hydrogen-bond donors (Lipinski definition) is 1. The van der Waals surface area contributed by atoms with Gasteiger partial charge in [-0.15, -0.1) is 11.8 Å². The fourth-order valence-corrected chi connectivity index (χ4v) is 4.32. The van der Waals surface area contributed by atoms with Gasteiger partial charge in [0.05, 0.1) is 28.5 Å². The van der Waals surface area contributed by atoms with Crippen molar-refractivity contribution in [3.05, 3.63) is 90.8 Å². The smallest absolute Gasteiger partial charge is 0.0872 e. The minimum absolute atomic E-state index is 0.948. The summed E-state index contributed by atoms with van der Waals surface area (Å²) in [5.74, 6) is 0.950. The lowest BCUT2D eigenvalue weighted by Crippen LogP contribution is -2.11. The van der Waals surface area contributed by atoms with Gasteiger partial charge in [0, 0.05) is 22.2 Å². The molecule has 0 spiro atoms. The average Bonchev–Trinajstić information content (AvgIpc) is 2.93. The summed E-state index contributed by atoms with van der Waals surface area (Å²) >= 11 is 1.88. The Morgan fingerprint density at radius 1 is 0.962 bits per heavy atom. The second kappa shape index (κ2) is 6.39. The van der Waals surface area contributed by atoms with Crippen LogP contribution in [0.2, 0.25) is 0 Å². The van der Waals surface area contributed by atoms with Crippen molar-refractivity contribution >= 4 is 39.7 Å². The first-order chi connectivity index (χ1) is 12.9. The van der Waals surface area contributed by atoms with Crippen LogP contribution in [-0.2, 0) is 0 Å². The Balaban J connectivity index is 1.52. The van der Waals surface area contributed by atoms with Crippen LogP contribution in [0.15, 0.2) is 90.0 Å². The van der Waals surface area contributed by atoms with E-state index in [4.69, 9.17) is 4.98 Å². The molecular formula is C22H17N3S. The van der Waals surface area contributed by atoms with E-state index < -0.39 is 0 Å². The first kappa shape index (κ1) is 15.3. The van der Waals surface area contributed by atoms with Crippen LogP contribution in [0.3, 0.4) is 0 Å². The average molecular weight is 355 g/mol. The molecule has 0 aliphatic carbocycles. The summed E-state index contributed by atoms with van der Waals surface area (Å²) in [6.07, 6.45) is 9.96. The molecule has 0 radical (unpaired) electrons. The Labute approximate surface area is 156 Å². The topological polar surface area (TPSA) is 28.2 Å². The normalized spacial score (nSPS) is 15.5. The van der Waals surface area contributed by atoms with Crippen LogP contribution in [0.5, 0.6) is 0 Å². The Morgan fingerprint density at radius 2 is 1.92 bits per heavy atom. The fraction of sp³-hybridized carbons (Fsp3) is 0.0455. The van der Waals surface area contributed by atoms with Gasteiger partial charge in [-0.3, -0.25) is 0 Å². The molecule has 3 aromatic rings. The Kier molecular flexibility index (Phi) is 3.76. The minimum atomic E-state index is 0.948. The third-order valence-electron chi connectivity index (χ3n) is 4.59. The number of thioether (sulfide) groups is 1. The first-order valence-corrected chi connectivity index (χ1v) is 9.58. The van der Waals surface area contributed by atoms with Gasteiger partial charge in [0.15, 0.2) is 0 Å². The zero-order valence-electron chi connectivity index (χ0n) is 14.1. The number of anilines is 2. The molecule has 5 rings (SSSR count). The van der Waals surface area contributed by atoms with Gasteiger partial charge in [-0.2, -0.15) is 0 Å². The lowest BCUT2D eigenvalue weighted by atomic mass is 10.1. The Bertz CT molecular complexity index is 1080. The van der Waals surface area contributed by atoms with Crippen molar-refractivity contribution in [1.29, 1.82) is 0 Å². The lowest BCUT2D eigenvalue weighted by molar-refractivity contribution is 1.17. The van der Waals surface area contributed by atoms with Crippen molar-refractivity contribution in [2.75, 3.05) is 10.8 Å². The molecule has 0 bridgehead atoms. The van der Waals surface area contributed by atoms with Crippen LogP contribution < -0.4 is 10.2 Å². The monoisotopic (exact) mass is 355 g/mol. The van der Waals surface area contributed by atoms with Crippen molar-refractivity contribution in [1.82, 2.24) is 10.3 Å². The van der Waals surface area contributed by atoms with Crippen molar-refractivity contribution in [2.24, 2.45) is 0 Å². The number of aromatic nitrogens is 1. The molecule has 1 N–H and O–H groups in total. The van der Waals surface area contributed by atoms with Gasteiger partial charge >= 0.3 is 0 Å². The number of allylic oxidation sites excluding steroid dienone is 4. The van der Waals surface area contributed by atoms with Crippen molar-refractivity contribution in [3.63, 3.8) is 0 Å². The highest BCUT2D eigenvalue weighted by Crippen LogP contribution is 2.42. The molecule has 0 amide bonds. The molecule has 3 heterocycles. The molecule has 0 saturated heterocycles. The molecular weight excluding hydrogens is 338 g/mol. The quantitative estimate of drug-likeness (QED) is 0.661. The summed E-state index contributed by atoms with van der Waals surface area (Å²) in [6.45, 7) is 0. The molecule has 26 heavy (non-hydrogen) atoms. The second-order valence-corrected chi connectivity index (χ2v) is 7.20. The zero-order valence-corrected chi connectivity index (χ0v) is 14.9. The van der Waals surface area contributed by atoms with E-state index in [1.165, 1.54) is 16.3 Å². The summed E-state index contributed by atoms with van der Waals surface area (Å²) in [6, 6.07) is 19.3. The third-order valence-corrected chi connectivity index (χ3v) is 5.63. The van der Waals surface area contributed by atoms with Crippen molar-refractivity contribution < 1.29 is 0 Å². The number of hydrogen-bond acceptors (Lipinski definition) is 4. The maximum Gasteiger partial charge on any atom is 0.0872 e. The predicted molar refractivity (Wildman–Crippen MR) is 110 cm³/mol. The molecule has 0 atom stereocenters. The number of para-hydroxylation sites is 1. The number of nitrogens with one attached hydrogen (secondary N) is 1. The number of fused-ring (bicyclic) bond motifs is 2. The van der Waals surface area contributed by atoms with E-state index in [9.17, 15) is 0 Å². The highest BCUT2D eigenvalue weighted by molar-refractivity contribution is 7.99. The summed E-state index contributed by atoms with van der Waals surface area (Å²) in [5.41, 5.74) is 5.45. The van der Waals surface area contributed by atoms with Gasteiger partial charge in [-0.05, 0) is 48.6 Å². The van der Waals surface area contributed by atoms with E-state index >= 15 is 0 Å². The van der Waals surface area contributed by atoms with Crippen molar-refractivity contribution in [3.8, 4) is 0 Å². The van der Waals surface area contributed by atoms with Crippen LogP contribution in [-0.4, -0.2) is 10.9 Å². The lowest BCUT2D eigenvalue weighted by Gasteiger charge is -2.19. The maximum absolute atomic E-state index is 4.83. The standard InChI is InChI=1S/C22H17N3S/c1-2-6-19(23-13-5-1)20-11-9-16-14-17(10-12-18(16)24-20)25-15-26-22-8-4-3-7-21(22)25/h1-14,23H,15H2. The van der Waals surface area contributed by atoms with Gasteiger partial charge in [0.25, 0.3) is 0 Å². The molecule has 3 nitrogen and oxygen atoms in total. The van der Waals surface area contributed by atoms with Crippen LogP contribution in [0, 0.1) is 0 Å². The zero-order chi connectivity index (χ0) is 17.3. The number of rotatable bonds is 2. The van der Waals surface area contributed by atoms with Crippen LogP contribution in [0.1, 0.15) is 5.69 Å². The van der Waals surface area contributed by atoms with Gasteiger partial charge in [0.2, 0.25) is 0 Å². The van der Waals surface area contributed by atoms with Crippen LogP contribution in [0.25, 0.3) is 16.6 Å². The van der Waals surface area contributed by atoms with Gasteiger partial charge < -0.3 is 10.2 Å². The molecule has 2 aliphatic rings. The fourth-order valence-electron chi connectivity index (χ4n) is 3.27. The summed E-state index contributed by atoms with van der Waals surface area (Å²) in [5, 5.41) is 4.43. The summed E-state index contributed by atoms with van der Waals surface area (Å²) in [7, 11) is 0. The van der Waals surface area contributed by atoms with Gasteiger partial charge in [0.1, 0.15) is 0 Å². The molecule has 2 aliphatic heterocycles.